The molecule has 2 nitrogen and oxygen atoms in total. The summed E-state index contributed by atoms with van der Waals surface area (Å²) < 4.78 is 5.38. The first-order valence-corrected chi connectivity index (χ1v) is 6.14. The zero-order valence-electron chi connectivity index (χ0n) is 9.85. The van der Waals surface area contributed by atoms with Crippen LogP contribution in [0.4, 0.5) is 0 Å². The van der Waals surface area contributed by atoms with Crippen molar-refractivity contribution < 1.29 is 4.74 Å². The van der Waals surface area contributed by atoms with Gasteiger partial charge >= 0.3 is 0 Å². The van der Waals surface area contributed by atoms with E-state index < -0.39 is 0 Å². The molecule has 0 heterocycles. The number of halogens is 1. The molecule has 0 aliphatic heterocycles. The molecule has 0 amide bonds. The monoisotopic (exact) mass is 239 g/mol. The lowest BCUT2D eigenvalue weighted by Gasteiger charge is -2.40. The number of benzene rings is 1. The summed E-state index contributed by atoms with van der Waals surface area (Å²) in [5.74, 6) is 0.863. The van der Waals surface area contributed by atoms with Gasteiger partial charge in [-0.1, -0.05) is 18.5 Å². The van der Waals surface area contributed by atoms with Gasteiger partial charge in [0.1, 0.15) is 5.75 Å². The molecule has 1 aromatic rings. The summed E-state index contributed by atoms with van der Waals surface area (Å²) in [5, 5.41) is 0.709. The van der Waals surface area contributed by atoms with Gasteiger partial charge in [0.05, 0.1) is 7.11 Å². The molecule has 0 saturated heterocycles. The fourth-order valence-corrected chi connectivity index (χ4v) is 2.64. The summed E-state index contributed by atoms with van der Waals surface area (Å²) >= 11 is 6.11. The van der Waals surface area contributed by atoms with E-state index in [-0.39, 0.29) is 5.54 Å². The van der Waals surface area contributed by atoms with Crippen LogP contribution in [0.3, 0.4) is 0 Å². The quantitative estimate of drug-likeness (QED) is 0.879. The van der Waals surface area contributed by atoms with E-state index in [9.17, 15) is 0 Å². The molecular formula is C13H18ClNO. The molecule has 0 spiro atoms. The second-order valence-electron chi connectivity index (χ2n) is 4.50. The topological polar surface area (TPSA) is 35.2 Å². The maximum atomic E-state index is 6.38. The van der Waals surface area contributed by atoms with Crippen LogP contribution in [-0.4, -0.2) is 7.11 Å². The first-order chi connectivity index (χ1) is 7.60. The van der Waals surface area contributed by atoms with Gasteiger partial charge in [0.2, 0.25) is 0 Å². The molecule has 1 aliphatic carbocycles. The lowest BCUT2D eigenvalue weighted by Crippen LogP contribution is -2.44. The Morgan fingerprint density at radius 3 is 2.56 bits per heavy atom. The summed E-state index contributed by atoms with van der Waals surface area (Å²) in [5.41, 5.74) is 8.58. The first-order valence-electron chi connectivity index (χ1n) is 5.76. The molecule has 1 aromatic carbocycles. The summed E-state index contributed by atoms with van der Waals surface area (Å²) in [6, 6.07) is 3.87. The predicted molar refractivity (Wildman–Crippen MR) is 67.1 cm³/mol. The van der Waals surface area contributed by atoms with Gasteiger partial charge in [0, 0.05) is 10.6 Å². The molecule has 2 N–H and O–H groups in total. The largest absolute Gasteiger partial charge is 0.496 e. The molecular weight excluding hydrogens is 222 g/mol. The van der Waals surface area contributed by atoms with Crippen LogP contribution in [0.1, 0.15) is 37.3 Å². The molecule has 0 radical (unpaired) electrons. The maximum Gasteiger partial charge on any atom is 0.123 e. The highest BCUT2D eigenvalue weighted by molar-refractivity contribution is 6.30. The van der Waals surface area contributed by atoms with Gasteiger partial charge in [-0.2, -0.15) is 0 Å². The maximum absolute atomic E-state index is 6.38. The molecule has 0 aromatic heterocycles. The lowest BCUT2D eigenvalue weighted by atomic mass is 9.71. The van der Waals surface area contributed by atoms with Gasteiger partial charge in [-0.15, -0.1) is 0 Å². The van der Waals surface area contributed by atoms with Gasteiger partial charge in [-0.3, -0.25) is 0 Å². The average Bonchev–Trinajstić information content (AvgIpc) is 2.24. The number of nitrogens with two attached hydrogens (primary N) is 1. The highest BCUT2D eigenvalue weighted by Crippen LogP contribution is 2.43. The Balaban J connectivity index is 2.53. The van der Waals surface area contributed by atoms with Crippen molar-refractivity contribution in [3.8, 4) is 5.75 Å². The average molecular weight is 240 g/mol. The van der Waals surface area contributed by atoms with Crippen molar-refractivity contribution in [2.75, 3.05) is 7.11 Å². The number of hydrogen-bond donors (Lipinski definition) is 1. The fourth-order valence-electron chi connectivity index (χ4n) is 2.43. The summed E-state index contributed by atoms with van der Waals surface area (Å²) in [7, 11) is 1.68. The second kappa shape index (κ2) is 4.27. The molecule has 16 heavy (non-hydrogen) atoms. The van der Waals surface area contributed by atoms with E-state index in [1.165, 1.54) is 17.5 Å². The summed E-state index contributed by atoms with van der Waals surface area (Å²) in [6.07, 6.45) is 4.22. The molecule has 2 rings (SSSR count). The Labute approximate surface area is 102 Å². The van der Waals surface area contributed by atoms with Crippen LogP contribution >= 0.6 is 11.6 Å². The van der Waals surface area contributed by atoms with Crippen LogP contribution in [0.5, 0.6) is 5.75 Å². The summed E-state index contributed by atoms with van der Waals surface area (Å²) in [4.78, 5) is 0. The second-order valence-corrected chi connectivity index (χ2v) is 4.93. The van der Waals surface area contributed by atoms with Crippen LogP contribution in [0.15, 0.2) is 12.1 Å². The number of hydrogen-bond acceptors (Lipinski definition) is 2. The molecule has 88 valence electrons. The van der Waals surface area contributed by atoms with Crippen LogP contribution in [0, 0.1) is 0 Å². The Bertz CT molecular complexity index is 399. The minimum Gasteiger partial charge on any atom is -0.496 e. The van der Waals surface area contributed by atoms with Crippen LogP contribution < -0.4 is 10.5 Å². The van der Waals surface area contributed by atoms with Gasteiger partial charge in [0.15, 0.2) is 0 Å². The Kier molecular flexibility index (Phi) is 3.13. The van der Waals surface area contributed by atoms with Gasteiger partial charge in [0.25, 0.3) is 0 Å². The minimum absolute atomic E-state index is 0.177. The van der Waals surface area contributed by atoms with Crippen LogP contribution in [0.25, 0.3) is 0 Å². The molecule has 1 aliphatic rings. The van der Waals surface area contributed by atoms with Gasteiger partial charge in [-0.05, 0) is 48.9 Å². The molecule has 1 fully saturated rings. The van der Waals surface area contributed by atoms with Crippen molar-refractivity contribution >= 4 is 11.6 Å². The van der Waals surface area contributed by atoms with Crippen LogP contribution in [-0.2, 0) is 12.0 Å². The molecule has 3 heteroatoms. The van der Waals surface area contributed by atoms with Gasteiger partial charge < -0.3 is 10.5 Å². The molecule has 1 saturated carbocycles. The van der Waals surface area contributed by atoms with E-state index in [4.69, 9.17) is 22.1 Å². The third-order valence-corrected chi connectivity index (χ3v) is 3.75. The van der Waals surface area contributed by atoms with Crippen molar-refractivity contribution in [3.05, 3.63) is 28.3 Å². The van der Waals surface area contributed by atoms with E-state index in [0.29, 0.717) is 5.02 Å². The van der Waals surface area contributed by atoms with Gasteiger partial charge in [-0.25, -0.2) is 0 Å². The minimum atomic E-state index is -0.177. The molecule has 0 atom stereocenters. The van der Waals surface area contributed by atoms with Crippen molar-refractivity contribution in [2.24, 2.45) is 5.73 Å². The Morgan fingerprint density at radius 2 is 2.12 bits per heavy atom. The first kappa shape index (κ1) is 11.7. The highest BCUT2D eigenvalue weighted by atomic mass is 35.5. The Morgan fingerprint density at radius 1 is 1.44 bits per heavy atom. The standard InChI is InChI=1S/C13H18ClNO/c1-3-10-11(13(15)5-4-6-13)7-9(14)8-12(10)16-2/h7-8H,3-6,15H2,1-2H3. The van der Waals surface area contributed by atoms with Crippen molar-refractivity contribution in [1.82, 2.24) is 0 Å². The van der Waals surface area contributed by atoms with Crippen LogP contribution in [0.2, 0.25) is 5.02 Å². The number of methoxy groups -OCH3 is 1. The highest BCUT2D eigenvalue weighted by Gasteiger charge is 2.36. The summed E-state index contributed by atoms with van der Waals surface area (Å²) in [6.45, 7) is 2.12. The predicted octanol–water partition coefficient (Wildman–Crippen LogP) is 3.25. The molecule has 0 bridgehead atoms. The fraction of sp³-hybridized carbons (Fsp3) is 0.538. The van der Waals surface area contributed by atoms with Crippen molar-refractivity contribution in [1.29, 1.82) is 0 Å². The third-order valence-electron chi connectivity index (χ3n) is 3.53. The zero-order chi connectivity index (χ0) is 11.8. The lowest BCUT2D eigenvalue weighted by molar-refractivity contribution is 0.250. The molecule has 0 unspecified atom stereocenters. The number of ether oxygens (including phenoxy) is 1. The van der Waals surface area contributed by atoms with E-state index in [0.717, 1.165) is 25.0 Å². The Hall–Kier alpha value is -0.730. The SMILES string of the molecule is CCc1c(OC)cc(Cl)cc1C1(N)CCC1. The van der Waals surface area contributed by atoms with E-state index in [1.807, 2.05) is 12.1 Å². The van der Waals surface area contributed by atoms with Crippen molar-refractivity contribution in [3.63, 3.8) is 0 Å². The number of rotatable bonds is 3. The third kappa shape index (κ3) is 1.80. The van der Waals surface area contributed by atoms with E-state index in [1.54, 1.807) is 7.11 Å². The zero-order valence-corrected chi connectivity index (χ0v) is 10.6. The smallest absolute Gasteiger partial charge is 0.123 e. The van der Waals surface area contributed by atoms with E-state index in [2.05, 4.69) is 6.92 Å². The van der Waals surface area contributed by atoms with E-state index >= 15 is 0 Å². The normalized spacial score (nSPS) is 18.0. The van der Waals surface area contributed by atoms with Crippen molar-refractivity contribution in [2.45, 2.75) is 38.1 Å².